The van der Waals surface area contributed by atoms with E-state index in [-0.39, 0.29) is 0 Å². The summed E-state index contributed by atoms with van der Waals surface area (Å²) in [5, 5.41) is 0. The second-order valence-corrected chi connectivity index (χ2v) is 2.95. The molecule has 0 heterocycles. The third-order valence-corrected chi connectivity index (χ3v) is 1.90. The van der Waals surface area contributed by atoms with Crippen molar-refractivity contribution >= 4 is 0 Å². The third-order valence-electron chi connectivity index (χ3n) is 1.90. The van der Waals surface area contributed by atoms with E-state index < -0.39 is 0 Å². The van der Waals surface area contributed by atoms with E-state index in [0.29, 0.717) is 0 Å². The molecule has 0 aliphatic heterocycles. The van der Waals surface area contributed by atoms with Gasteiger partial charge in [-0.1, -0.05) is 20.3 Å². The molecule has 46 valence electrons. The van der Waals surface area contributed by atoms with Gasteiger partial charge in [0.05, 0.1) is 0 Å². The van der Waals surface area contributed by atoms with Crippen molar-refractivity contribution in [1.82, 2.24) is 0 Å². The van der Waals surface area contributed by atoms with E-state index in [4.69, 9.17) is 0 Å². The van der Waals surface area contributed by atoms with E-state index in [1.165, 1.54) is 19.3 Å². The lowest BCUT2D eigenvalue weighted by Gasteiger charge is -2.10. The fourth-order valence-corrected chi connectivity index (χ4v) is 1.28. The molecular formula is C8H14. The van der Waals surface area contributed by atoms with Crippen molar-refractivity contribution in [3.63, 3.8) is 0 Å². The lowest BCUT2D eigenvalue weighted by molar-refractivity contribution is 0.449. The van der Waals surface area contributed by atoms with Crippen LogP contribution in [0.2, 0.25) is 0 Å². The van der Waals surface area contributed by atoms with Gasteiger partial charge in [-0.3, -0.25) is 0 Å². The minimum Gasteiger partial charge on any atom is -0.0625 e. The third kappa shape index (κ3) is 1.24. The quantitative estimate of drug-likeness (QED) is 0.486. The summed E-state index contributed by atoms with van der Waals surface area (Å²) in [6.45, 7) is 4.56. The number of hydrogen-bond donors (Lipinski definition) is 0. The average Bonchev–Trinajstić information content (AvgIpc) is 2.12. The van der Waals surface area contributed by atoms with Gasteiger partial charge in [0.15, 0.2) is 0 Å². The average molecular weight is 110 g/mol. The Labute approximate surface area is 52.3 Å². The molecule has 0 bridgehead atoms. The molecule has 0 N–H and O–H groups in total. The van der Waals surface area contributed by atoms with Crippen LogP contribution >= 0.6 is 0 Å². The Morgan fingerprint density at radius 3 is 2.50 bits per heavy atom. The fourth-order valence-electron chi connectivity index (χ4n) is 1.28. The first-order chi connectivity index (χ1) is 3.80. The topological polar surface area (TPSA) is 0 Å². The van der Waals surface area contributed by atoms with E-state index in [9.17, 15) is 0 Å². The van der Waals surface area contributed by atoms with Crippen LogP contribution in [0.15, 0.2) is 0 Å². The molecule has 1 rings (SSSR count). The zero-order valence-corrected chi connectivity index (χ0v) is 5.78. The summed E-state index contributed by atoms with van der Waals surface area (Å²) in [5.74, 6) is 1.65. The smallest absolute Gasteiger partial charge is 0.0137 e. The molecule has 1 atom stereocenters. The van der Waals surface area contributed by atoms with Gasteiger partial charge >= 0.3 is 0 Å². The number of rotatable bonds is 1. The molecule has 2 radical (unpaired) electrons. The molecule has 0 amide bonds. The summed E-state index contributed by atoms with van der Waals surface area (Å²) in [5.41, 5.74) is 0. The van der Waals surface area contributed by atoms with Gasteiger partial charge in [0.1, 0.15) is 0 Å². The van der Waals surface area contributed by atoms with Crippen molar-refractivity contribution in [3.05, 3.63) is 6.42 Å². The molecule has 1 aliphatic carbocycles. The van der Waals surface area contributed by atoms with Crippen LogP contribution in [-0.2, 0) is 0 Å². The van der Waals surface area contributed by atoms with Crippen LogP contribution < -0.4 is 0 Å². The Hall–Kier alpha value is 0. The summed E-state index contributed by atoms with van der Waals surface area (Å²) in [6.07, 6.45) is 7.46. The van der Waals surface area contributed by atoms with Crippen molar-refractivity contribution in [2.75, 3.05) is 0 Å². The zero-order chi connectivity index (χ0) is 5.98. The maximum atomic E-state index is 3.46. The van der Waals surface area contributed by atoms with Crippen molar-refractivity contribution in [2.45, 2.75) is 33.1 Å². The predicted octanol–water partition coefficient (Wildman–Crippen LogP) is 2.52. The molecule has 0 aromatic heterocycles. The Morgan fingerprint density at radius 1 is 1.50 bits per heavy atom. The maximum absolute atomic E-state index is 3.46. The van der Waals surface area contributed by atoms with E-state index >= 15 is 0 Å². The van der Waals surface area contributed by atoms with Crippen LogP contribution in [0.25, 0.3) is 0 Å². The Morgan fingerprint density at radius 2 is 2.25 bits per heavy atom. The predicted molar refractivity (Wildman–Crippen MR) is 35.4 cm³/mol. The fraction of sp³-hybridized carbons (Fsp3) is 0.875. The van der Waals surface area contributed by atoms with Crippen LogP contribution in [0.4, 0.5) is 0 Å². The van der Waals surface area contributed by atoms with Crippen LogP contribution in [0, 0.1) is 18.3 Å². The van der Waals surface area contributed by atoms with E-state index in [0.717, 1.165) is 11.8 Å². The summed E-state index contributed by atoms with van der Waals surface area (Å²) in [7, 11) is 0. The minimum atomic E-state index is 0.815. The van der Waals surface area contributed by atoms with Gasteiger partial charge in [-0.05, 0) is 31.1 Å². The standard InChI is InChI=1S/C8H14/c1-7(2)8-5-3-4-6-8/h7-8H,3-5H2,1-2H3. The molecular weight excluding hydrogens is 96.1 g/mol. The molecule has 8 heavy (non-hydrogen) atoms. The lowest BCUT2D eigenvalue weighted by Crippen LogP contribution is -2.02. The van der Waals surface area contributed by atoms with Crippen LogP contribution in [0.3, 0.4) is 0 Å². The molecule has 1 saturated carbocycles. The highest BCUT2D eigenvalue weighted by Crippen LogP contribution is 2.29. The molecule has 1 fully saturated rings. The highest BCUT2D eigenvalue weighted by atomic mass is 14.2. The zero-order valence-electron chi connectivity index (χ0n) is 5.78. The maximum Gasteiger partial charge on any atom is -0.0137 e. The van der Waals surface area contributed by atoms with Crippen LogP contribution in [0.5, 0.6) is 0 Å². The van der Waals surface area contributed by atoms with Gasteiger partial charge in [0, 0.05) is 0 Å². The normalized spacial score (nSPS) is 22.9. The molecule has 1 unspecified atom stereocenters. The van der Waals surface area contributed by atoms with Crippen molar-refractivity contribution < 1.29 is 0 Å². The van der Waals surface area contributed by atoms with Gasteiger partial charge in [-0.2, -0.15) is 0 Å². The van der Waals surface area contributed by atoms with Gasteiger partial charge in [-0.15, -0.1) is 0 Å². The van der Waals surface area contributed by atoms with E-state index in [1.807, 2.05) is 0 Å². The summed E-state index contributed by atoms with van der Waals surface area (Å²) < 4.78 is 0. The van der Waals surface area contributed by atoms with Crippen LogP contribution in [-0.4, -0.2) is 0 Å². The van der Waals surface area contributed by atoms with E-state index in [1.54, 1.807) is 0 Å². The Balaban J connectivity index is 2.24. The molecule has 1 aliphatic rings. The first kappa shape index (κ1) is 6.12. The Kier molecular flexibility index (Phi) is 1.93. The van der Waals surface area contributed by atoms with Gasteiger partial charge in [0.2, 0.25) is 0 Å². The molecule has 0 nitrogen and oxygen atoms in total. The van der Waals surface area contributed by atoms with Crippen molar-refractivity contribution in [3.8, 4) is 0 Å². The highest BCUT2D eigenvalue weighted by molar-refractivity contribution is 4.84. The number of hydrogen-bond acceptors (Lipinski definition) is 0. The summed E-state index contributed by atoms with van der Waals surface area (Å²) in [6, 6.07) is 0. The first-order valence-electron chi connectivity index (χ1n) is 3.54. The molecule has 0 saturated heterocycles. The van der Waals surface area contributed by atoms with Crippen LogP contribution in [0.1, 0.15) is 33.1 Å². The molecule has 0 aromatic rings. The lowest BCUT2D eigenvalue weighted by atomic mass is 9.95. The summed E-state index contributed by atoms with van der Waals surface area (Å²) in [4.78, 5) is 0. The van der Waals surface area contributed by atoms with Crippen molar-refractivity contribution in [1.29, 1.82) is 0 Å². The first-order valence-corrected chi connectivity index (χ1v) is 3.54. The molecule has 0 spiro atoms. The second kappa shape index (κ2) is 2.52. The monoisotopic (exact) mass is 110 g/mol. The van der Waals surface area contributed by atoms with Crippen molar-refractivity contribution in [2.24, 2.45) is 11.8 Å². The second-order valence-electron chi connectivity index (χ2n) is 2.95. The van der Waals surface area contributed by atoms with E-state index in [2.05, 4.69) is 20.3 Å². The Bertz CT molecular complexity index is 58.4. The largest absolute Gasteiger partial charge is 0.0625 e. The van der Waals surface area contributed by atoms with Gasteiger partial charge in [-0.25, -0.2) is 0 Å². The van der Waals surface area contributed by atoms with Gasteiger partial charge < -0.3 is 0 Å². The highest BCUT2D eigenvalue weighted by Gasteiger charge is 2.18. The molecule has 0 aromatic carbocycles. The SMILES string of the molecule is CC(C)C1[C]CCC1. The summed E-state index contributed by atoms with van der Waals surface area (Å²) >= 11 is 0. The minimum absolute atomic E-state index is 0.815. The van der Waals surface area contributed by atoms with Gasteiger partial charge in [0.25, 0.3) is 0 Å². The molecule has 0 heteroatoms.